The molecule has 0 aromatic rings. The number of rotatable bonds is 28. The van der Waals surface area contributed by atoms with Crippen LogP contribution < -0.4 is 0 Å². The molecule has 0 aromatic heterocycles. The molecule has 0 bridgehead atoms. The zero-order chi connectivity index (χ0) is 24.3. The SMILES string of the molecule is CCCCCCCCCCC[CH2][Sn]([CH2]CCCCCCCCCCC)([O]CCC)[O]CCC. The Hall–Kier alpha value is 0.719. The molecule has 0 N–H and O–H groups in total. The van der Waals surface area contributed by atoms with Crippen LogP contribution in [0.3, 0.4) is 0 Å². The summed E-state index contributed by atoms with van der Waals surface area (Å²) in [6.07, 6.45) is 30.5. The monoisotopic (exact) mass is 576 g/mol. The fourth-order valence-corrected chi connectivity index (χ4v) is 15.2. The molecule has 0 aliphatic rings. The van der Waals surface area contributed by atoms with E-state index in [9.17, 15) is 0 Å². The van der Waals surface area contributed by atoms with Crippen molar-refractivity contribution >= 4 is 19.2 Å². The summed E-state index contributed by atoms with van der Waals surface area (Å²) in [6, 6.07) is 0. The van der Waals surface area contributed by atoms with Gasteiger partial charge in [-0.3, -0.25) is 0 Å². The molecule has 0 rings (SSSR count). The number of hydrogen-bond donors (Lipinski definition) is 0. The molecular weight excluding hydrogens is 511 g/mol. The predicted molar refractivity (Wildman–Crippen MR) is 152 cm³/mol. The Labute approximate surface area is 215 Å². The molecule has 0 aromatic carbocycles. The molecule has 0 saturated heterocycles. The first-order valence-corrected chi connectivity index (χ1v) is 21.9. The first kappa shape index (κ1) is 33.7. The van der Waals surface area contributed by atoms with Gasteiger partial charge in [0.25, 0.3) is 0 Å². The zero-order valence-electron chi connectivity index (χ0n) is 23.7. The normalized spacial score (nSPS) is 12.0. The molecule has 0 saturated carbocycles. The van der Waals surface area contributed by atoms with E-state index in [-0.39, 0.29) is 0 Å². The zero-order valence-corrected chi connectivity index (χ0v) is 26.6. The average molecular weight is 576 g/mol. The van der Waals surface area contributed by atoms with Crippen LogP contribution in [0.1, 0.15) is 169 Å². The molecule has 0 atom stereocenters. The van der Waals surface area contributed by atoms with E-state index < -0.39 is 19.2 Å². The summed E-state index contributed by atoms with van der Waals surface area (Å²) in [6.45, 7) is 10.9. The predicted octanol–water partition coefficient (Wildman–Crippen LogP) is 11.1. The standard InChI is InChI=1S/2C12H25.2C3H7O.Sn/c2*1-3-5-7-9-11-12-10-8-6-4-2;2*1-2-3-4;/h2*1,3-12H2,2H3;2*2-3H2,1H3;/q;;2*-1;+2. The summed E-state index contributed by atoms with van der Waals surface area (Å²) in [4.78, 5) is 0. The minimum absolute atomic E-state index is 0.926. The van der Waals surface area contributed by atoms with Crippen molar-refractivity contribution in [1.82, 2.24) is 0 Å². The summed E-state index contributed by atoms with van der Waals surface area (Å²) < 4.78 is 15.9. The van der Waals surface area contributed by atoms with Crippen molar-refractivity contribution in [2.45, 2.75) is 178 Å². The van der Waals surface area contributed by atoms with Gasteiger partial charge in [0.15, 0.2) is 0 Å². The fourth-order valence-electron chi connectivity index (χ4n) is 4.80. The molecule has 2 nitrogen and oxygen atoms in total. The maximum absolute atomic E-state index is 6.63. The van der Waals surface area contributed by atoms with E-state index in [4.69, 9.17) is 6.15 Å². The van der Waals surface area contributed by atoms with E-state index in [1.807, 2.05) is 0 Å². The molecule has 200 valence electrons. The van der Waals surface area contributed by atoms with Gasteiger partial charge in [-0.25, -0.2) is 0 Å². The van der Waals surface area contributed by atoms with Crippen LogP contribution in [-0.2, 0) is 6.15 Å². The van der Waals surface area contributed by atoms with Crippen molar-refractivity contribution in [2.75, 3.05) is 13.2 Å². The maximum atomic E-state index is 6.63. The van der Waals surface area contributed by atoms with Gasteiger partial charge in [-0.2, -0.15) is 0 Å². The molecule has 0 aliphatic heterocycles. The Morgan fingerprint density at radius 1 is 0.333 bits per heavy atom. The van der Waals surface area contributed by atoms with E-state index in [0.29, 0.717) is 0 Å². The third-order valence-electron chi connectivity index (χ3n) is 6.96. The minimum atomic E-state index is -2.89. The van der Waals surface area contributed by atoms with Crippen LogP contribution >= 0.6 is 0 Å². The van der Waals surface area contributed by atoms with E-state index in [1.54, 1.807) is 0 Å². The molecule has 0 heterocycles. The van der Waals surface area contributed by atoms with Gasteiger partial charge in [-0.1, -0.05) is 0 Å². The topological polar surface area (TPSA) is 18.5 Å². The van der Waals surface area contributed by atoms with Gasteiger partial charge >= 0.3 is 216 Å². The van der Waals surface area contributed by atoms with E-state index in [0.717, 1.165) is 26.1 Å². The Bertz CT molecular complexity index is 327. The first-order chi connectivity index (χ1) is 16.2. The average Bonchev–Trinajstić information content (AvgIpc) is 2.83. The van der Waals surface area contributed by atoms with Crippen LogP contribution in [0.15, 0.2) is 0 Å². The number of hydrogen-bond acceptors (Lipinski definition) is 2. The third-order valence-corrected chi connectivity index (χ3v) is 17.5. The van der Waals surface area contributed by atoms with E-state index in [1.165, 1.54) is 137 Å². The van der Waals surface area contributed by atoms with Crippen LogP contribution in [0.2, 0.25) is 8.87 Å². The van der Waals surface area contributed by atoms with Crippen LogP contribution in [-0.4, -0.2) is 32.4 Å². The summed E-state index contributed by atoms with van der Waals surface area (Å²) in [7, 11) is 0. The van der Waals surface area contributed by atoms with Crippen molar-refractivity contribution in [1.29, 1.82) is 0 Å². The van der Waals surface area contributed by atoms with E-state index >= 15 is 0 Å². The Kier molecular flexibility index (Phi) is 27.9. The van der Waals surface area contributed by atoms with Crippen molar-refractivity contribution in [3.63, 3.8) is 0 Å². The van der Waals surface area contributed by atoms with Gasteiger partial charge in [0, 0.05) is 0 Å². The second-order valence-corrected chi connectivity index (χ2v) is 20.2. The second-order valence-electron chi connectivity index (χ2n) is 10.5. The summed E-state index contributed by atoms with van der Waals surface area (Å²) in [5.41, 5.74) is 0. The molecule has 0 unspecified atom stereocenters. The molecule has 0 aliphatic carbocycles. The summed E-state index contributed by atoms with van der Waals surface area (Å²) >= 11 is -2.89. The fraction of sp³-hybridized carbons (Fsp3) is 1.00. The summed E-state index contributed by atoms with van der Waals surface area (Å²) in [5.74, 6) is 0. The van der Waals surface area contributed by atoms with Gasteiger partial charge < -0.3 is 0 Å². The summed E-state index contributed by atoms with van der Waals surface area (Å²) in [5, 5.41) is 0. The Morgan fingerprint density at radius 2 is 0.606 bits per heavy atom. The first-order valence-electron chi connectivity index (χ1n) is 15.5. The third kappa shape index (κ3) is 22.9. The van der Waals surface area contributed by atoms with Gasteiger partial charge in [0.05, 0.1) is 0 Å². The molecule has 0 radical (unpaired) electrons. The van der Waals surface area contributed by atoms with Gasteiger partial charge in [0.1, 0.15) is 0 Å². The molecule has 0 spiro atoms. The molecule has 0 amide bonds. The quantitative estimate of drug-likeness (QED) is 0.0683. The number of unbranched alkanes of at least 4 members (excludes halogenated alkanes) is 18. The van der Waals surface area contributed by atoms with Crippen LogP contribution in [0.25, 0.3) is 0 Å². The second kappa shape index (κ2) is 27.3. The Balaban J connectivity index is 4.15. The van der Waals surface area contributed by atoms with E-state index in [2.05, 4.69) is 27.7 Å². The Morgan fingerprint density at radius 3 is 0.879 bits per heavy atom. The molecular formula is C30H64O2Sn. The van der Waals surface area contributed by atoms with Crippen LogP contribution in [0.5, 0.6) is 0 Å². The van der Waals surface area contributed by atoms with Crippen molar-refractivity contribution in [3.8, 4) is 0 Å². The van der Waals surface area contributed by atoms with Gasteiger partial charge in [-0.05, 0) is 0 Å². The van der Waals surface area contributed by atoms with Gasteiger partial charge in [-0.15, -0.1) is 0 Å². The molecule has 3 heteroatoms. The van der Waals surface area contributed by atoms with Crippen LogP contribution in [0.4, 0.5) is 0 Å². The van der Waals surface area contributed by atoms with Crippen molar-refractivity contribution < 1.29 is 6.15 Å². The van der Waals surface area contributed by atoms with Gasteiger partial charge in [0.2, 0.25) is 0 Å². The van der Waals surface area contributed by atoms with Crippen LogP contribution in [0, 0.1) is 0 Å². The molecule has 0 fully saturated rings. The van der Waals surface area contributed by atoms with Crippen molar-refractivity contribution in [2.24, 2.45) is 0 Å². The molecule has 33 heavy (non-hydrogen) atoms. The van der Waals surface area contributed by atoms with Crippen molar-refractivity contribution in [3.05, 3.63) is 0 Å².